The lowest BCUT2D eigenvalue weighted by molar-refractivity contribution is 0.284. The minimum atomic E-state index is 0.586. The van der Waals surface area contributed by atoms with E-state index < -0.39 is 0 Å². The molecule has 1 aliphatic carbocycles. The number of hydrogen-bond donors (Lipinski definition) is 0. The van der Waals surface area contributed by atoms with E-state index in [0.29, 0.717) is 5.02 Å². The smallest absolute Gasteiger partial charge is 0.225 e. The molecule has 1 saturated heterocycles. The van der Waals surface area contributed by atoms with E-state index in [-0.39, 0.29) is 0 Å². The van der Waals surface area contributed by atoms with Crippen molar-refractivity contribution >= 4 is 17.5 Å². The Bertz CT molecular complexity index is 939. The second-order valence-electron chi connectivity index (χ2n) is 8.16. The van der Waals surface area contributed by atoms with E-state index in [1.165, 1.54) is 25.6 Å². The molecule has 0 spiro atoms. The van der Waals surface area contributed by atoms with Crippen LogP contribution in [0.15, 0.2) is 49.3 Å². The highest BCUT2D eigenvalue weighted by Gasteiger charge is 2.43. The van der Waals surface area contributed by atoms with Crippen molar-refractivity contribution in [3.05, 3.63) is 54.3 Å². The molecule has 2 aromatic heterocycles. The molecule has 1 aromatic carbocycles. The van der Waals surface area contributed by atoms with Gasteiger partial charge in [0.2, 0.25) is 5.95 Å². The van der Waals surface area contributed by atoms with Gasteiger partial charge in [0.05, 0.1) is 29.7 Å². The third-order valence-electron chi connectivity index (χ3n) is 6.29. The molecule has 2 unspecified atom stereocenters. The normalized spacial score (nSPS) is 21.6. The number of aromatic nitrogens is 5. The standard InChI is InChI=1S/C22H25ClN6O/c23-18-12-25-22(26-13-18)28-8-5-16(6-9-28)21-11-17(21)7-10-30-20-3-1-19(2-4-20)29-15-24-14-27-29/h1-4,12-17,21H,5-11H2. The van der Waals surface area contributed by atoms with Gasteiger partial charge in [-0.25, -0.2) is 19.6 Å². The predicted octanol–water partition coefficient (Wildman–Crippen LogP) is 4.03. The van der Waals surface area contributed by atoms with E-state index >= 15 is 0 Å². The zero-order chi connectivity index (χ0) is 20.3. The molecular formula is C22H25ClN6O. The molecule has 3 heterocycles. The number of benzene rings is 1. The Kier molecular flexibility index (Phi) is 5.53. The third kappa shape index (κ3) is 4.41. The first-order valence-electron chi connectivity index (χ1n) is 10.6. The Balaban J connectivity index is 1.03. The number of hydrogen-bond acceptors (Lipinski definition) is 6. The maximum absolute atomic E-state index is 5.97. The van der Waals surface area contributed by atoms with E-state index in [1.54, 1.807) is 23.4 Å². The van der Waals surface area contributed by atoms with Gasteiger partial charge in [-0.2, -0.15) is 5.10 Å². The van der Waals surface area contributed by atoms with Crippen LogP contribution in [0.1, 0.15) is 25.7 Å². The Morgan fingerprint density at radius 3 is 2.53 bits per heavy atom. The third-order valence-corrected chi connectivity index (χ3v) is 6.48. The van der Waals surface area contributed by atoms with Crippen LogP contribution in [0.3, 0.4) is 0 Å². The molecule has 0 radical (unpaired) electrons. The zero-order valence-corrected chi connectivity index (χ0v) is 17.5. The summed E-state index contributed by atoms with van der Waals surface area (Å²) in [5.74, 6) is 4.20. The zero-order valence-electron chi connectivity index (χ0n) is 16.8. The van der Waals surface area contributed by atoms with Crippen LogP contribution in [0.25, 0.3) is 5.69 Å². The molecule has 0 amide bonds. The average molecular weight is 425 g/mol. The van der Waals surface area contributed by atoms with Crippen LogP contribution in [-0.4, -0.2) is 44.4 Å². The summed E-state index contributed by atoms with van der Waals surface area (Å²) in [6, 6.07) is 8.00. The number of rotatable bonds is 7. The highest BCUT2D eigenvalue weighted by molar-refractivity contribution is 6.30. The van der Waals surface area contributed by atoms with Crippen molar-refractivity contribution < 1.29 is 4.74 Å². The molecule has 30 heavy (non-hydrogen) atoms. The summed E-state index contributed by atoms with van der Waals surface area (Å²) in [6.07, 6.45) is 11.5. The van der Waals surface area contributed by atoms with Gasteiger partial charge in [-0.1, -0.05) is 11.6 Å². The quantitative estimate of drug-likeness (QED) is 0.570. The van der Waals surface area contributed by atoms with Gasteiger partial charge >= 0.3 is 0 Å². The average Bonchev–Trinajstić information content (AvgIpc) is 3.34. The molecule has 3 aromatic rings. The summed E-state index contributed by atoms with van der Waals surface area (Å²) in [7, 11) is 0. The highest BCUT2D eigenvalue weighted by Crippen LogP contribution is 2.49. The van der Waals surface area contributed by atoms with Gasteiger partial charge in [0.1, 0.15) is 18.4 Å². The summed E-state index contributed by atoms with van der Waals surface area (Å²) >= 11 is 5.89. The van der Waals surface area contributed by atoms with Crippen LogP contribution >= 0.6 is 11.6 Å². The van der Waals surface area contributed by atoms with Gasteiger partial charge in [-0.05, 0) is 67.7 Å². The van der Waals surface area contributed by atoms with Crippen LogP contribution in [-0.2, 0) is 0 Å². The highest BCUT2D eigenvalue weighted by atomic mass is 35.5. The molecule has 7 nitrogen and oxygen atoms in total. The fourth-order valence-electron chi connectivity index (χ4n) is 4.54. The summed E-state index contributed by atoms with van der Waals surface area (Å²) < 4.78 is 7.71. The Morgan fingerprint density at radius 2 is 1.83 bits per heavy atom. The molecule has 1 saturated carbocycles. The number of nitrogens with zero attached hydrogens (tertiary/aromatic N) is 6. The van der Waals surface area contributed by atoms with E-state index in [0.717, 1.165) is 61.3 Å². The SMILES string of the molecule is Clc1cnc(N2CCC(C3CC3CCOc3ccc(-n4cncn4)cc3)CC2)nc1. The van der Waals surface area contributed by atoms with Gasteiger partial charge in [-0.3, -0.25) is 0 Å². The minimum Gasteiger partial charge on any atom is -0.494 e. The largest absolute Gasteiger partial charge is 0.494 e. The molecule has 1 aliphatic heterocycles. The number of piperidine rings is 1. The summed E-state index contributed by atoms with van der Waals surface area (Å²) in [5, 5.41) is 4.72. The minimum absolute atomic E-state index is 0.586. The van der Waals surface area contributed by atoms with Gasteiger partial charge in [-0.15, -0.1) is 0 Å². The topological polar surface area (TPSA) is 69.0 Å². The molecule has 2 atom stereocenters. The summed E-state index contributed by atoms with van der Waals surface area (Å²) in [4.78, 5) is 14.9. The van der Waals surface area contributed by atoms with Crippen LogP contribution in [0.5, 0.6) is 5.75 Å². The van der Waals surface area contributed by atoms with Crippen LogP contribution < -0.4 is 9.64 Å². The van der Waals surface area contributed by atoms with Crippen LogP contribution in [0.4, 0.5) is 5.95 Å². The lowest BCUT2D eigenvalue weighted by atomic mass is 9.90. The van der Waals surface area contributed by atoms with Crippen LogP contribution in [0, 0.1) is 17.8 Å². The molecule has 2 fully saturated rings. The van der Waals surface area contributed by atoms with Gasteiger partial charge in [0.15, 0.2) is 0 Å². The first-order valence-corrected chi connectivity index (χ1v) is 10.9. The molecule has 2 aliphatic rings. The summed E-state index contributed by atoms with van der Waals surface area (Å²) in [5.41, 5.74) is 0.984. The van der Waals surface area contributed by atoms with Gasteiger partial charge in [0, 0.05) is 13.1 Å². The van der Waals surface area contributed by atoms with Crippen molar-refractivity contribution in [2.24, 2.45) is 17.8 Å². The molecule has 8 heteroatoms. The fraction of sp³-hybridized carbons (Fsp3) is 0.455. The van der Waals surface area contributed by atoms with Gasteiger partial charge < -0.3 is 9.64 Å². The number of ether oxygens (including phenoxy) is 1. The Morgan fingerprint density at radius 1 is 1.07 bits per heavy atom. The van der Waals surface area contributed by atoms with Gasteiger partial charge in [0.25, 0.3) is 0 Å². The van der Waals surface area contributed by atoms with Crippen molar-refractivity contribution in [3.8, 4) is 11.4 Å². The molecule has 0 bridgehead atoms. The van der Waals surface area contributed by atoms with Crippen molar-refractivity contribution in [2.75, 3.05) is 24.6 Å². The van der Waals surface area contributed by atoms with Crippen molar-refractivity contribution in [2.45, 2.75) is 25.7 Å². The molecule has 5 rings (SSSR count). The lowest BCUT2D eigenvalue weighted by Crippen LogP contribution is -2.35. The molecule has 156 valence electrons. The van der Waals surface area contributed by atoms with E-state index in [2.05, 4.69) is 25.0 Å². The van der Waals surface area contributed by atoms with E-state index in [9.17, 15) is 0 Å². The Labute approximate surface area is 181 Å². The fourth-order valence-corrected chi connectivity index (χ4v) is 4.64. The van der Waals surface area contributed by atoms with Crippen molar-refractivity contribution in [3.63, 3.8) is 0 Å². The monoisotopic (exact) mass is 424 g/mol. The number of halogens is 1. The van der Waals surface area contributed by atoms with Crippen molar-refractivity contribution in [1.29, 1.82) is 0 Å². The predicted molar refractivity (Wildman–Crippen MR) is 115 cm³/mol. The van der Waals surface area contributed by atoms with E-state index in [1.807, 2.05) is 24.3 Å². The lowest BCUT2D eigenvalue weighted by Gasteiger charge is -2.32. The first-order chi connectivity index (χ1) is 14.8. The molecular weight excluding hydrogens is 400 g/mol. The maximum atomic E-state index is 5.97. The van der Waals surface area contributed by atoms with Crippen molar-refractivity contribution in [1.82, 2.24) is 24.7 Å². The number of anilines is 1. The second-order valence-corrected chi connectivity index (χ2v) is 8.59. The second kappa shape index (κ2) is 8.60. The maximum Gasteiger partial charge on any atom is 0.225 e. The van der Waals surface area contributed by atoms with E-state index in [4.69, 9.17) is 16.3 Å². The first kappa shape index (κ1) is 19.3. The Hall–Kier alpha value is -2.67. The molecule has 0 N–H and O–H groups in total. The van der Waals surface area contributed by atoms with Crippen LogP contribution in [0.2, 0.25) is 5.02 Å². The summed E-state index contributed by atoms with van der Waals surface area (Å²) in [6.45, 7) is 2.84.